The highest BCUT2D eigenvalue weighted by atomic mass is 32.2. The standard InChI is InChI=1S/C28H39FN4O5S/c1-9-28(4)37-21(16-22(38-28)17-24(34)32(5)6)14-15-23-25(18(2)3)30-27(33(7)39(8,35)36)31-26(23)19-10-12-20(29)13-11-19/h10-15,18,21-22H,9,16-17H2,1-8H3/b15-14+/t21-,22-,28?/m1/s1. The van der Waals surface area contributed by atoms with Crippen LogP contribution in [0.15, 0.2) is 30.3 Å². The van der Waals surface area contributed by atoms with Crippen LogP contribution in [0, 0.1) is 5.82 Å². The number of rotatable bonds is 9. The number of aromatic nitrogens is 2. The van der Waals surface area contributed by atoms with Crippen LogP contribution in [0.5, 0.6) is 0 Å². The average Bonchev–Trinajstić information content (AvgIpc) is 2.86. The number of halogens is 1. The van der Waals surface area contributed by atoms with Crippen molar-refractivity contribution in [3.05, 3.63) is 47.4 Å². The second kappa shape index (κ2) is 12.1. The van der Waals surface area contributed by atoms with E-state index in [1.54, 1.807) is 31.1 Å². The third-order valence-corrected chi connectivity index (χ3v) is 7.90. The molecular formula is C28H39FN4O5S. The van der Waals surface area contributed by atoms with E-state index in [9.17, 15) is 17.6 Å². The number of hydrogen-bond acceptors (Lipinski definition) is 7. The van der Waals surface area contributed by atoms with Crippen molar-refractivity contribution in [2.45, 2.75) is 70.9 Å². The van der Waals surface area contributed by atoms with E-state index in [-0.39, 0.29) is 36.4 Å². The highest BCUT2D eigenvalue weighted by molar-refractivity contribution is 7.92. The Morgan fingerprint density at radius 1 is 1.18 bits per heavy atom. The fourth-order valence-electron chi connectivity index (χ4n) is 4.24. The van der Waals surface area contributed by atoms with Crippen LogP contribution in [0.2, 0.25) is 0 Å². The van der Waals surface area contributed by atoms with Gasteiger partial charge in [0, 0.05) is 38.7 Å². The molecular weight excluding hydrogens is 523 g/mol. The Morgan fingerprint density at radius 3 is 2.36 bits per heavy atom. The number of carbonyl (C=O) groups excluding carboxylic acids is 1. The molecule has 0 saturated carbocycles. The summed E-state index contributed by atoms with van der Waals surface area (Å²) in [4.78, 5) is 23.2. The average molecular weight is 563 g/mol. The van der Waals surface area contributed by atoms with Gasteiger partial charge in [0.2, 0.25) is 21.9 Å². The van der Waals surface area contributed by atoms with E-state index in [2.05, 4.69) is 9.97 Å². The van der Waals surface area contributed by atoms with E-state index in [0.29, 0.717) is 35.4 Å². The van der Waals surface area contributed by atoms with E-state index < -0.39 is 21.6 Å². The zero-order valence-electron chi connectivity index (χ0n) is 23.9. The Labute approximate surface area is 231 Å². The van der Waals surface area contributed by atoms with Crippen LogP contribution < -0.4 is 4.31 Å². The summed E-state index contributed by atoms with van der Waals surface area (Å²) in [7, 11) is 1.21. The van der Waals surface area contributed by atoms with Crippen LogP contribution in [0.25, 0.3) is 17.3 Å². The molecule has 1 aromatic carbocycles. The van der Waals surface area contributed by atoms with Crippen LogP contribution in [0.1, 0.15) is 64.1 Å². The predicted molar refractivity (Wildman–Crippen MR) is 150 cm³/mol. The molecule has 39 heavy (non-hydrogen) atoms. The summed E-state index contributed by atoms with van der Waals surface area (Å²) in [5.74, 6) is -1.33. The number of ether oxygens (including phenoxy) is 2. The maximum atomic E-state index is 13.8. The Bertz CT molecular complexity index is 1310. The zero-order valence-corrected chi connectivity index (χ0v) is 24.8. The molecule has 1 amide bonds. The molecule has 1 saturated heterocycles. The lowest BCUT2D eigenvalue weighted by molar-refractivity contribution is -0.300. The zero-order chi connectivity index (χ0) is 29.1. The summed E-state index contributed by atoms with van der Waals surface area (Å²) in [6, 6.07) is 5.87. The maximum Gasteiger partial charge on any atom is 0.239 e. The molecule has 0 aliphatic carbocycles. The third-order valence-electron chi connectivity index (χ3n) is 6.74. The van der Waals surface area contributed by atoms with Gasteiger partial charge < -0.3 is 14.4 Å². The Hall–Kier alpha value is -2.89. The first kappa shape index (κ1) is 30.6. The molecule has 214 valence electrons. The molecule has 1 unspecified atom stereocenters. The fraction of sp³-hybridized carbons (Fsp3) is 0.536. The molecule has 9 nitrogen and oxygen atoms in total. The molecule has 0 N–H and O–H groups in total. The molecule has 2 heterocycles. The quantitative estimate of drug-likeness (QED) is 0.440. The molecule has 3 atom stereocenters. The highest BCUT2D eigenvalue weighted by Crippen LogP contribution is 2.35. The molecule has 2 aromatic rings. The number of amides is 1. The number of hydrogen-bond donors (Lipinski definition) is 0. The Balaban J connectivity index is 2.10. The second-order valence-corrected chi connectivity index (χ2v) is 12.5. The summed E-state index contributed by atoms with van der Waals surface area (Å²) in [6.07, 6.45) is 5.49. The van der Waals surface area contributed by atoms with E-state index in [1.807, 2.05) is 39.8 Å². The molecule has 1 aliphatic rings. The molecule has 0 spiro atoms. The van der Waals surface area contributed by atoms with E-state index in [1.165, 1.54) is 19.2 Å². The van der Waals surface area contributed by atoms with Gasteiger partial charge in [-0.25, -0.2) is 27.1 Å². The number of benzene rings is 1. The van der Waals surface area contributed by atoms with Crippen molar-refractivity contribution in [3.63, 3.8) is 0 Å². The minimum atomic E-state index is -3.62. The molecule has 11 heteroatoms. The topological polar surface area (TPSA) is 102 Å². The lowest BCUT2D eigenvalue weighted by Gasteiger charge is -2.41. The van der Waals surface area contributed by atoms with Crippen molar-refractivity contribution in [1.29, 1.82) is 0 Å². The first-order valence-corrected chi connectivity index (χ1v) is 14.8. The number of anilines is 1. The molecule has 1 fully saturated rings. The van der Waals surface area contributed by atoms with Crippen molar-refractivity contribution >= 4 is 28.0 Å². The van der Waals surface area contributed by atoms with Gasteiger partial charge in [0.05, 0.1) is 36.3 Å². The first-order valence-electron chi connectivity index (χ1n) is 13.0. The Morgan fingerprint density at radius 2 is 1.82 bits per heavy atom. The summed E-state index contributed by atoms with van der Waals surface area (Å²) >= 11 is 0. The summed E-state index contributed by atoms with van der Waals surface area (Å²) < 4.78 is 51.8. The van der Waals surface area contributed by atoms with Gasteiger partial charge in [-0.05, 0) is 43.5 Å². The normalized spacial score (nSPS) is 21.9. The largest absolute Gasteiger partial charge is 0.349 e. The van der Waals surface area contributed by atoms with Gasteiger partial charge in [0.25, 0.3) is 0 Å². The lowest BCUT2D eigenvalue weighted by atomic mass is 9.96. The van der Waals surface area contributed by atoms with E-state index >= 15 is 0 Å². The molecule has 1 aliphatic heterocycles. The summed E-state index contributed by atoms with van der Waals surface area (Å²) in [5, 5.41) is 0. The summed E-state index contributed by atoms with van der Waals surface area (Å²) in [6.45, 7) is 7.74. The highest BCUT2D eigenvalue weighted by Gasteiger charge is 2.38. The van der Waals surface area contributed by atoms with E-state index in [4.69, 9.17) is 9.47 Å². The predicted octanol–water partition coefficient (Wildman–Crippen LogP) is 4.59. The van der Waals surface area contributed by atoms with Crippen LogP contribution in [0.4, 0.5) is 10.3 Å². The number of carbonyl (C=O) groups is 1. The van der Waals surface area contributed by atoms with Crippen LogP contribution in [-0.4, -0.2) is 74.6 Å². The number of nitrogens with zero attached hydrogens (tertiary/aromatic N) is 4. The molecule has 0 radical (unpaired) electrons. The smallest absolute Gasteiger partial charge is 0.239 e. The van der Waals surface area contributed by atoms with Crippen LogP contribution in [0.3, 0.4) is 0 Å². The van der Waals surface area contributed by atoms with Crippen molar-refractivity contribution in [2.24, 2.45) is 0 Å². The monoisotopic (exact) mass is 562 g/mol. The maximum absolute atomic E-state index is 13.8. The molecule has 1 aromatic heterocycles. The van der Waals surface area contributed by atoms with Crippen molar-refractivity contribution in [2.75, 3.05) is 31.7 Å². The SMILES string of the molecule is CCC1(C)O[C@@H](CC(=O)N(C)C)C[C@@H](/C=C/c2c(-c3ccc(F)cc3)nc(N(C)S(C)(=O)=O)nc2C(C)C)O1. The van der Waals surface area contributed by atoms with Crippen LogP contribution >= 0.6 is 0 Å². The second-order valence-electron chi connectivity index (χ2n) is 10.5. The minimum Gasteiger partial charge on any atom is -0.349 e. The van der Waals surface area contributed by atoms with Crippen molar-refractivity contribution in [1.82, 2.24) is 14.9 Å². The lowest BCUT2D eigenvalue weighted by Crippen LogP contribution is -2.47. The third kappa shape index (κ3) is 7.61. The van der Waals surface area contributed by atoms with Gasteiger partial charge in [0.1, 0.15) is 5.82 Å². The van der Waals surface area contributed by atoms with E-state index in [0.717, 1.165) is 10.6 Å². The first-order chi connectivity index (χ1) is 18.1. The Kier molecular flexibility index (Phi) is 9.51. The van der Waals surface area contributed by atoms with Gasteiger partial charge in [-0.15, -0.1) is 0 Å². The van der Waals surface area contributed by atoms with Crippen LogP contribution in [-0.2, 0) is 24.3 Å². The molecule has 0 bridgehead atoms. The van der Waals surface area contributed by atoms with Gasteiger partial charge in [0.15, 0.2) is 5.79 Å². The summed E-state index contributed by atoms with van der Waals surface area (Å²) in [5.41, 5.74) is 2.40. The molecule has 3 rings (SSSR count). The fourth-order valence-corrected chi connectivity index (χ4v) is 4.62. The minimum absolute atomic E-state index is 0.0252. The van der Waals surface area contributed by atoms with Gasteiger partial charge in [-0.1, -0.05) is 32.9 Å². The number of sulfonamides is 1. The van der Waals surface area contributed by atoms with Gasteiger partial charge in [-0.3, -0.25) is 4.79 Å². The van der Waals surface area contributed by atoms with Gasteiger partial charge in [-0.2, -0.15) is 0 Å². The van der Waals surface area contributed by atoms with Crippen molar-refractivity contribution < 1.29 is 27.1 Å². The van der Waals surface area contributed by atoms with Crippen molar-refractivity contribution in [3.8, 4) is 11.3 Å². The van der Waals surface area contributed by atoms with Gasteiger partial charge >= 0.3 is 0 Å².